The fourth-order valence-electron chi connectivity index (χ4n) is 2.17. The van der Waals surface area contributed by atoms with E-state index >= 15 is 0 Å². The fourth-order valence-corrected chi connectivity index (χ4v) is 3.59. The summed E-state index contributed by atoms with van der Waals surface area (Å²) in [5.41, 5.74) is -0.739. The molecule has 2 unspecified atom stereocenters. The molecule has 0 amide bonds. The molecule has 1 fully saturated rings. The number of carboxylic acid groups (broad SMARTS) is 1. The van der Waals surface area contributed by atoms with E-state index < -0.39 is 44.4 Å². The molecule has 2 rings (SSSR count). The standard InChI is InChI=1S/C11H15FN2O6S/c1-14-2-8(9(12)10(14)11(16)17)21(18,19)13-7-5-20-4-6(7)3-15/h2,6-7,13,15H,3-5H2,1H3,(H,16,17). The quantitative estimate of drug-likeness (QED) is 0.650. The number of aliphatic hydroxyl groups is 1. The van der Waals surface area contributed by atoms with Crippen LogP contribution >= 0.6 is 0 Å². The van der Waals surface area contributed by atoms with Gasteiger partial charge in [0, 0.05) is 25.8 Å². The SMILES string of the molecule is Cn1cc(S(=O)(=O)NC2COCC2CO)c(F)c1C(=O)O. The lowest BCUT2D eigenvalue weighted by atomic mass is 10.1. The molecule has 0 saturated carbocycles. The Kier molecular flexibility index (Phi) is 4.33. The summed E-state index contributed by atoms with van der Waals surface area (Å²) in [5.74, 6) is -3.31. The normalized spacial score (nSPS) is 22.6. The summed E-state index contributed by atoms with van der Waals surface area (Å²) in [5, 5.41) is 18.0. The Balaban J connectivity index is 2.32. The average molecular weight is 322 g/mol. The monoisotopic (exact) mass is 322 g/mol. The molecule has 0 aliphatic carbocycles. The Bertz CT molecular complexity index is 656. The Labute approximate surface area is 120 Å². The molecule has 1 aliphatic rings. The van der Waals surface area contributed by atoms with Crippen molar-refractivity contribution in [2.24, 2.45) is 13.0 Å². The summed E-state index contributed by atoms with van der Waals surface area (Å²) in [7, 11) is -3.02. The first kappa shape index (κ1) is 15.9. The molecule has 2 atom stereocenters. The van der Waals surface area contributed by atoms with Crippen molar-refractivity contribution in [3.63, 3.8) is 0 Å². The molecule has 0 spiro atoms. The molecule has 10 heteroatoms. The van der Waals surface area contributed by atoms with Gasteiger partial charge in [-0.15, -0.1) is 0 Å². The Morgan fingerprint density at radius 3 is 2.76 bits per heavy atom. The van der Waals surface area contributed by atoms with Crippen LogP contribution in [0.2, 0.25) is 0 Å². The number of halogens is 1. The van der Waals surface area contributed by atoms with Crippen LogP contribution in [0.25, 0.3) is 0 Å². The molecule has 0 aromatic carbocycles. The number of nitrogens with one attached hydrogen (secondary N) is 1. The zero-order valence-corrected chi connectivity index (χ0v) is 11.9. The number of aromatic carboxylic acids is 1. The third-order valence-electron chi connectivity index (χ3n) is 3.32. The zero-order valence-electron chi connectivity index (χ0n) is 11.1. The molecule has 118 valence electrons. The second-order valence-electron chi connectivity index (χ2n) is 4.78. The van der Waals surface area contributed by atoms with Crippen LogP contribution in [-0.4, -0.2) is 55.0 Å². The van der Waals surface area contributed by atoms with Crippen LogP contribution in [0.5, 0.6) is 0 Å². The number of hydrogen-bond donors (Lipinski definition) is 3. The molecular weight excluding hydrogens is 307 g/mol. The number of carbonyl (C=O) groups is 1. The fraction of sp³-hybridized carbons (Fsp3) is 0.545. The van der Waals surface area contributed by atoms with E-state index in [2.05, 4.69) is 4.72 Å². The van der Waals surface area contributed by atoms with E-state index in [-0.39, 0.29) is 19.8 Å². The van der Waals surface area contributed by atoms with Crippen molar-refractivity contribution in [2.75, 3.05) is 19.8 Å². The number of hydrogen-bond acceptors (Lipinski definition) is 5. The summed E-state index contributed by atoms with van der Waals surface area (Å²) >= 11 is 0. The molecular formula is C11H15FN2O6S. The first-order chi connectivity index (χ1) is 9.77. The molecule has 0 radical (unpaired) electrons. The van der Waals surface area contributed by atoms with Gasteiger partial charge in [0.25, 0.3) is 0 Å². The lowest BCUT2D eigenvalue weighted by Gasteiger charge is -2.16. The van der Waals surface area contributed by atoms with Gasteiger partial charge in [-0.2, -0.15) is 0 Å². The minimum absolute atomic E-state index is 0.0602. The molecule has 2 heterocycles. The lowest BCUT2D eigenvalue weighted by molar-refractivity contribution is 0.0681. The van der Waals surface area contributed by atoms with E-state index in [9.17, 15) is 17.6 Å². The maximum Gasteiger partial charge on any atom is 0.355 e. The summed E-state index contributed by atoms with van der Waals surface area (Å²) in [6.45, 7) is -0.0170. The molecule has 1 aromatic heterocycles. The molecule has 8 nitrogen and oxygen atoms in total. The number of sulfonamides is 1. The number of ether oxygens (including phenoxy) is 1. The average Bonchev–Trinajstić information content (AvgIpc) is 2.93. The van der Waals surface area contributed by atoms with E-state index in [1.165, 1.54) is 7.05 Å². The van der Waals surface area contributed by atoms with Gasteiger partial charge in [-0.3, -0.25) is 0 Å². The molecule has 1 saturated heterocycles. The van der Waals surface area contributed by atoms with Gasteiger partial charge in [-0.05, 0) is 0 Å². The summed E-state index contributed by atoms with van der Waals surface area (Å²) in [6.07, 6.45) is 0.894. The smallest absolute Gasteiger partial charge is 0.355 e. The van der Waals surface area contributed by atoms with E-state index in [0.717, 1.165) is 10.8 Å². The number of carboxylic acids is 1. The highest BCUT2D eigenvalue weighted by Gasteiger charge is 2.35. The van der Waals surface area contributed by atoms with Crippen molar-refractivity contribution in [3.05, 3.63) is 17.7 Å². The van der Waals surface area contributed by atoms with Crippen molar-refractivity contribution < 1.29 is 32.6 Å². The number of aryl methyl sites for hydroxylation is 1. The van der Waals surface area contributed by atoms with Crippen LogP contribution in [0.15, 0.2) is 11.1 Å². The Morgan fingerprint density at radius 1 is 1.57 bits per heavy atom. The van der Waals surface area contributed by atoms with Crippen LogP contribution in [0.1, 0.15) is 10.5 Å². The summed E-state index contributed by atoms with van der Waals surface area (Å²) < 4.78 is 46.5. The third-order valence-corrected chi connectivity index (χ3v) is 4.80. The van der Waals surface area contributed by atoms with Crippen molar-refractivity contribution >= 4 is 16.0 Å². The Hall–Kier alpha value is -1.49. The highest BCUT2D eigenvalue weighted by molar-refractivity contribution is 7.89. The van der Waals surface area contributed by atoms with Gasteiger partial charge in [-0.1, -0.05) is 0 Å². The third kappa shape index (κ3) is 2.93. The van der Waals surface area contributed by atoms with Crippen LogP contribution in [0, 0.1) is 11.7 Å². The number of aliphatic hydroxyl groups excluding tert-OH is 1. The van der Waals surface area contributed by atoms with Crippen molar-refractivity contribution in [1.29, 1.82) is 0 Å². The van der Waals surface area contributed by atoms with Gasteiger partial charge in [0.1, 0.15) is 4.90 Å². The van der Waals surface area contributed by atoms with Gasteiger partial charge in [0.15, 0.2) is 11.5 Å². The first-order valence-electron chi connectivity index (χ1n) is 6.07. The Morgan fingerprint density at radius 2 is 2.24 bits per heavy atom. The number of aromatic nitrogens is 1. The minimum Gasteiger partial charge on any atom is -0.476 e. The van der Waals surface area contributed by atoms with Crippen molar-refractivity contribution in [1.82, 2.24) is 9.29 Å². The van der Waals surface area contributed by atoms with Crippen LogP contribution < -0.4 is 4.72 Å². The predicted molar refractivity (Wildman–Crippen MR) is 67.8 cm³/mol. The van der Waals surface area contributed by atoms with Crippen LogP contribution in [0.4, 0.5) is 4.39 Å². The van der Waals surface area contributed by atoms with Gasteiger partial charge >= 0.3 is 5.97 Å². The summed E-state index contributed by atoms with van der Waals surface area (Å²) in [6, 6.07) is -0.687. The lowest BCUT2D eigenvalue weighted by Crippen LogP contribution is -2.41. The number of rotatable bonds is 5. The van der Waals surface area contributed by atoms with Gasteiger partial charge < -0.3 is 19.5 Å². The first-order valence-corrected chi connectivity index (χ1v) is 7.55. The van der Waals surface area contributed by atoms with Gasteiger partial charge in [0.05, 0.1) is 19.3 Å². The van der Waals surface area contributed by atoms with Gasteiger partial charge in [0.2, 0.25) is 10.0 Å². The van der Waals surface area contributed by atoms with E-state index in [0.29, 0.717) is 0 Å². The zero-order chi connectivity index (χ0) is 15.8. The molecule has 3 N–H and O–H groups in total. The molecule has 0 bridgehead atoms. The largest absolute Gasteiger partial charge is 0.476 e. The van der Waals surface area contributed by atoms with Crippen molar-refractivity contribution in [2.45, 2.75) is 10.9 Å². The van der Waals surface area contributed by atoms with Crippen LogP contribution in [-0.2, 0) is 21.8 Å². The molecule has 1 aromatic rings. The second-order valence-corrected chi connectivity index (χ2v) is 6.46. The van der Waals surface area contributed by atoms with E-state index in [4.69, 9.17) is 14.9 Å². The van der Waals surface area contributed by atoms with E-state index in [1.807, 2.05) is 0 Å². The minimum atomic E-state index is -4.25. The van der Waals surface area contributed by atoms with Crippen LogP contribution in [0.3, 0.4) is 0 Å². The summed E-state index contributed by atoms with van der Waals surface area (Å²) in [4.78, 5) is 10.2. The maximum atomic E-state index is 14.0. The van der Waals surface area contributed by atoms with Gasteiger partial charge in [-0.25, -0.2) is 22.3 Å². The molecule has 21 heavy (non-hydrogen) atoms. The van der Waals surface area contributed by atoms with E-state index in [1.54, 1.807) is 0 Å². The number of nitrogens with zero attached hydrogens (tertiary/aromatic N) is 1. The highest BCUT2D eigenvalue weighted by Crippen LogP contribution is 2.22. The maximum absolute atomic E-state index is 14.0. The molecule has 1 aliphatic heterocycles. The topological polar surface area (TPSA) is 118 Å². The highest BCUT2D eigenvalue weighted by atomic mass is 32.2. The van der Waals surface area contributed by atoms with Crippen molar-refractivity contribution in [3.8, 4) is 0 Å². The predicted octanol–water partition coefficient (Wildman–Crippen LogP) is -0.852. The second kappa shape index (κ2) is 5.72.